The van der Waals surface area contributed by atoms with Crippen molar-refractivity contribution in [3.05, 3.63) is 36.2 Å². The average Bonchev–Trinajstić information content (AvgIpc) is 2.85. The Morgan fingerprint density at radius 1 is 1.24 bits per heavy atom. The van der Waals surface area contributed by atoms with Crippen molar-refractivity contribution in [1.29, 1.82) is 0 Å². The smallest absolute Gasteiger partial charge is 0.158 e. The molecule has 3 aromatic rings. The van der Waals surface area contributed by atoms with Crippen LogP contribution in [0.5, 0.6) is 0 Å². The first kappa shape index (κ1) is 13.8. The van der Waals surface area contributed by atoms with E-state index in [0.29, 0.717) is 0 Å². The Bertz CT molecular complexity index is 760. The highest BCUT2D eigenvalue weighted by molar-refractivity contribution is 5.96. The Hall–Kier alpha value is -2.14. The van der Waals surface area contributed by atoms with E-state index in [1.54, 1.807) is 0 Å². The maximum atomic E-state index is 4.33. The van der Waals surface area contributed by atoms with Gasteiger partial charge in [-0.1, -0.05) is 6.07 Å². The van der Waals surface area contributed by atoms with Gasteiger partial charge in [0.25, 0.3) is 0 Å². The SMILES string of the molecule is Cc1nnc(NCCCN(C)C)c2cc3ccccn3c12. The molecule has 0 aromatic carbocycles. The van der Waals surface area contributed by atoms with E-state index in [0.717, 1.165) is 41.9 Å². The molecule has 0 saturated carbocycles. The summed E-state index contributed by atoms with van der Waals surface area (Å²) in [5, 5.41) is 13.2. The first-order valence-electron chi connectivity index (χ1n) is 7.28. The molecule has 0 aliphatic carbocycles. The third kappa shape index (κ3) is 2.69. The molecule has 0 spiro atoms. The molecule has 0 aliphatic heterocycles. The van der Waals surface area contributed by atoms with Gasteiger partial charge in [0.05, 0.1) is 11.2 Å². The van der Waals surface area contributed by atoms with Gasteiger partial charge in [0, 0.05) is 23.6 Å². The Morgan fingerprint density at radius 2 is 2.10 bits per heavy atom. The second-order valence-electron chi connectivity index (χ2n) is 5.62. The Kier molecular flexibility index (Phi) is 3.75. The lowest BCUT2D eigenvalue weighted by molar-refractivity contribution is 0.405. The van der Waals surface area contributed by atoms with Crippen LogP contribution in [0.1, 0.15) is 12.1 Å². The van der Waals surface area contributed by atoms with Crippen molar-refractivity contribution in [1.82, 2.24) is 19.5 Å². The molecule has 0 amide bonds. The normalized spacial score (nSPS) is 11.6. The van der Waals surface area contributed by atoms with Gasteiger partial charge in [0.15, 0.2) is 5.82 Å². The van der Waals surface area contributed by atoms with E-state index in [9.17, 15) is 0 Å². The molecule has 3 heterocycles. The van der Waals surface area contributed by atoms with Gasteiger partial charge < -0.3 is 14.6 Å². The molecular formula is C16H21N5. The van der Waals surface area contributed by atoms with Crippen molar-refractivity contribution < 1.29 is 0 Å². The number of anilines is 1. The molecular weight excluding hydrogens is 262 g/mol. The number of nitrogens with one attached hydrogen (secondary N) is 1. The first-order valence-corrected chi connectivity index (χ1v) is 7.28. The minimum atomic E-state index is 0.873. The van der Waals surface area contributed by atoms with Gasteiger partial charge in [-0.3, -0.25) is 0 Å². The monoisotopic (exact) mass is 283 g/mol. The Morgan fingerprint density at radius 3 is 2.90 bits per heavy atom. The van der Waals surface area contributed by atoms with E-state index < -0.39 is 0 Å². The van der Waals surface area contributed by atoms with Crippen molar-refractivity contribution in [3.63, 3.8) is 0 Å². The van der Waals surface area contributed by atoms with Crippen molar-refractivity contribution in [2.45, 2.75) is 13.3 Å². The zero-order valence-electron chi connectivity index (χ0n) is 12.8. The molecule has 0 atom stereocenters. The highest BCUT2D eigenvalue weighted by atomic mass is 15.2. The van der Waals surface area contributed by atoms with Crippen LogP contribution in [0.15, 0.2) is 30.5 Å². The molecule has 0 saturated heterocycles. The molecule has 0 aliphatic rings. The zero-order valence-corrected chi connectivity index (χ0v) is 12.8. The largest absolute Gasteiger partial charge is 0.368 e. The number of pyridine rings is 1. The van der Waals surface area contributed by atoms with Crippen molar-refractivity contribution in [2.24, 2.45) is 0 Å². The van der Waals surface area contributed by atoms with Gasteiger partial charge in [-0.15, -0.1) is 5.10 Å². The van der Waals surface area contributed by atoms with Crippen LogP contribution in [0, 0.1) is 6.92 Å². The van der Waals surface area contributed by atoms with E-state index in [2.05, 4.69) is 63.3 Å². The number of aromatic nitrogens is 3. The van der Waals surface area contributed by atoms with Crippen LogP contribution >= 0.6 is 0 Å². The lowest BCUT2D eigenvalue weighted by atomic mass is 10.2. The minimum Gasteiger partial charge on any atom is -0.368 e. The van der Waals surface area contributed by atoms with Crippen LogP contribution in [0.4, 0.5) is 5.82 Å². The molecule has 3 rings (SSSR count). The zero-order chi connectivity index (χ0) is 14.8. The predicted octanol–water partition coefficient (Wildman–Crippen LogP) is 2.55. The third-order valence-corrected chi connectivity index (χ3v) is 3.65. The van der Waals surface area contributed by atoms with Crippen LogP contribution in [0.2, 0.25) is 0 Å². The fourth-order valence-electron chi connectivity index (χ4n) is 2.63. The van der Waals surface area contributed by atoms with Crippen LogP contribution < -0.4 is 5.32 Å². The summed E-state index contributed by atoms with van der Waals surface area (Å²) in [7, 11) is 4.18. The van der Waals surface area contributed by atoms with Crippen molar-refractivity contribution in [3.8, 4) is 0 Å². The van der Waals surface area contributed by atoms with E-state index in [-0.39, 0.29) is 0 Å². The molecule has 110 valence electrons. The van der Waals surface area contributed by atoms with E-state index in [1.165, 1.54) is 5.52 Å². The topological polar surface area (TPSA) is 45.5 Å². The summed E-state index contributed by atoms with van der Waals surface area (Å²) >= 11 is 0. The molecule has 0 unspecified atom stereocenters. The lowest BCUT2D eigenvalue weighted by Crippen LogP contribution is -2.16. The third-order valence-electron chi connectivity index (χ3n) is 3.65. The van der Waals surface area contributed by atoms with Crippen molar-refractivity contribution >= 4 is 22.2 Å². The molecule has 3 aromatic heterocycles. The summed E-state index contributed by atoms with van der Waals surface area (Å²) in [6.07, 6.45) is 3.15. The summed E-state index contributed by atoms with van der Waals surface area (Å²) in [6, 6.07) is 8.37. The van der Waals surface area contributed by atoms with E-state index in [1.807, 2.05) is 13.0 Å². The van der Waals surface area contributed by atoms with Crippen LogP contribution in [0.25, 0.3) is 16.4 Å². The molecule has 1 N–H and O–H groups in total. The summed E-state index contributed by atoms with van der Waals surface area (Å²) in [6.45, 7) is 3.97. The molecule has 0 fully saturated rings. The molecule has 21 heavy (non-hydrogen) atoms. The highest BCUT2D eigenvalue weighted by Gasteiger charge is 2.11. The van der Waals surface area contributed by atoms with E-state index >= 15 is 0 Å². The maximum Gasteiger partial charge on any atom is 0.158 e. The molecule has 0 radical (unpaired) electrons. The van der Waals surface area contributed by atoms with E-state index in [4.69, 9.17) is 0 Å². The number of fused-ring (bicyclic) bond motifs is 3. The van der Waals surface area contributed by atoms with Crippen LogP contribution in [-0.4, -0.2) is 46.7 Å². The molecule has 5 nitrogen and oxygen atoms in total. The average molecular weight is 283 g/mol. The summed E-state index contributed by atoms with van der Waals surface area (Å²) in [5.74, 6) is 0.873. The van der Waals surface area contributed by atoms with Crippen molar-refractivity contribution in [2.75, 3.05) is 32.5 Å². The highest BCUT2D eigenvalue weighted by Crippen LogP contribution is 2.26. The fraction of sp³-hybridized carbons (Fsp3) is 0.375. The van der Waals surface area contributed by atoms with Gasteiger partial charge >= 0.3 is 0 Å². The lowest BCUT2D eigenvalue weighted by Gasteiger charge is -2.10. The van der Waals surface area contributed by atoms with Crippen LogP contribution in [0.3, 0.4) is 0 Å². The summed E-state index contributed by atoms with van der Waals surface area (Å²) < 4.78 is 2.17. The number of hydrogen-bond acceptors (Lipinski definition) is 4. The minimum absolute atomic E-state index is 0.873. The van der Waals surface area contributed by atoms with Crippen LogP contribution in [-0.2, 0) is 0 Å². The Labute approximate surface area is 124 Å². The number of aryl methyl sites for hydroxylation is 1. The second-order valence-corrected chi connectivity index (χ2v) is 5.62. The fourth-order valence-corrected chi connectivity index (χ4v) is 2.63. The van der Waals surface area contributed by atoms with Gasteiger partial charge in [-0.25, -0.2) is 0 Å². The van der Waals surface area contributed by atoms with Gasteiger partial charge in [-0.2, -0.15) is 5.10 Å². The molecule has 0 bridgehead atoms. The quantitative estimate of drug-likeness (QED) is 0.731. The van der Waals surface area contributed by atoms with Gasteiger partial charge in [0.2, 0.25) is 0 Å². The second kappa shape index (κ2) is 5.69. The number of rotatable bonds is 5. The molecule has 5 heteroatoms. The Balaban J connectivity index is 1.94. The first-order chi connectivity index (χ1) is 10.2. The maximum absolute atomic E-state index is 4.33. The summed E-state index contributed by atoms with van der Waals surface area (Å²) in [4.78, 5) is 2.19. The number of hydrogen-bond donors (Lipinski definition) is 1. The standard InChI is InChI=1S/C16H21N5/c1-12-15-14(11-13-7-4-5-10-21(13)15)16(19-18-12)17-8-6-9-20(2)3/h4-5,7,10-11H,6,8-9H2,1-3H3,(H,17,19). The number of nitrogens with zero attached hydrogens (tertiary/aromatic N) is 4. The summed E-state index contributed by atoms with van der Waals surface area (Å²) in [5.41, 5.74) is 3.26. The van der Waals surface area contributed by atoms with Gasteiger partial charge in [-0.05, 0) is 52.2 Å². The predicted molar refractivity (Wildman–Crippen MR) is 86.9 cm³/mol. The van der Waals surface area contributed by atoms with Gasteiger partial charge in [0.1, 0.15) is 0 Å².